The maximum Gasteiger partial charge on any atom is 0.508 e. The monoisotopic (exact) mass is 722 g/mol. The number of hydrogen-bond acceptors (Lipinski definition) is 14. The van der Waals surface area contributed by atoms with Gasteiger partial charge in [0, 0.05) is 11.1 Å². The number of benzene rings is 3. The summed E-state index contributed by atoms with van der Waals surface area (Å²) in [5, 5.41) is 25.8. The third-order valence-electron chi connectivity index (χ3n) is 5.42. The van der Waals surface area contributed by atoms with Crippen LogP contribution in [-0.4, -0.2) is 106 Å². The van der Waals surface area contributed by atoms with E-state index in [9.17, 15) is 24.0 Å². The van der Waals surface area contributed by atoms with Crippen molar-refractivity contribution in [2.45, 2.75) is 0 Å². The number of carbonyl (C=O) groups is 5. The van der Waals surface area contributed by atoms with Crippen LogP contribution in [0.25, 0.3) is 15.8 Å². The predicted octanol–water partition coefficient (Wildman–Crippen LogP) is 3.80. The summed E-state index contributed by atoms with van der Waals surface area (Å²) in [6, 6.07) is 19.6. The van der Waals surface area contributed by atoms with Crippen LogP contribution >= 0.6 is 0 Å². The highest BCUT2D eigenvalue weighted by Crippen LogP contribution is 2.15. The highest BCUT2D eigenvalue weighted by molar-refractivity contribution is 5.95. The van der Waals surface area contributed by atoms with Gasteiger partial charge in [-0.2, -0.15) is 0 Å². The normalized spacial score (nSPS) is 10.6. The van der Waals surface area contributed by atoms with Crippen LogP contribution in [0.2, 0.25) is 0 Å². The Morgan fingerprint density at radius 2 is 1.19 bits per heavy atom. The first-order valence-electron chi connectivity index (χ1n) is 14.8. The molecule has 1 heterocycles. The number of methoxy groups -OCH3 is 2. The fourth-order valence-electron chi connectivity index (χ4n) is 3.00. The molecule has 3 aromatic carbocycles. The van der Waals surface area contributed by atoms with E-state index in [1.165, 1.54) is 32.4 Å². The number of carbonyl (C=O) groups excluding carboxylic acids is 5. The van der Waals surface area contributed by atoms with E-state index in [4.69, 9.17) is 37.9 Å². The van der Waals surface area contributed by atoms with E-state index < -0.39 is 18.1 Å². The molecule has 0 saturated carbocycles. The lowest BCUT2D eigenvalue weighted by atomic mass is 10.2. The van der Waals surface area contributed by atoms with Gasteiger partial charge >= 0.3 is 24.6 Å². The number of esters is 2. The third-order valence-corrected chi connectivity index (χ3v) is 5.42. The summed E-state index contributed by atoms with van der Waals surface area (Å²) in [6.07, 6.45) is 2.40. The van der Waals surface area contributed by atoms with Gasteiger partial charge in [-0.15, -0.1) is 0 Å². The number of phenolic OH excluding ortho intramolecular Hbond substituents is 1. The molecule has 0 bridgehead atoms. The molecule has 0 amide bonds. The molecule has 1 saturated heterocycles. The molecule has 0 unspecified atom stereocenters. The number of rotatable bonds is 11. The van der Waals surface area contributed by atoms with E-state index in [1.54, 1.807) is 60.7 Å². The second kappa shape index (κ2) is 29.2. The van der Waals surface area contributed by atoms with Crippen molar-refractivity contribution >= 4 is 36.7 Å². The zero-order valence-electron chi connectivity index (χ0n) is 28.3. The molecular formula is C36H38N2O14. The van der Waals surface area contributed by atoms with Crippen LogP contribution in [-0.2, 0) is 28.5 Å². The lowest BCUT2D eigenvalue weighted by Crippen LogP contribution is -2.02. The number of aromatic hydroxyl groups is 1. The molecule has 1 fully saturated rings. The molecular weight excluding hydrogens is 684 g/mol. The number of aliphatic hydroxyl groups excluding tert-OH is 2. The van der Waals surface area contributed by atoms with Crippen LogP contribution in [0.5, 0.6) is 17.2 Å². The average Bonchev–Trinajstić information content (AvgIpc) is 3.67. The van der Waals surface area contributed by atoms with Crippen LogP contribution in [0.3, 0.4) is 0 Å². The summed E-state index contributed by atoms with van der Waals surface area (Å²) in [7, 11) is 2.49. The summed E-state index contributed by atoms with van der Waals surface area (Å²) >= 11 is 0. The van der Waals surface area contributed by atoms with Crippen molar-refractivity contribution in [2.75, 3.05) is 60.4 Å². The van der Waals surface area contributed by atoms with Crippen molar-refractivity contribution in [1.82, 2.24) is 0 Å². The Morgan fingerprint density at radius 1 is 0.750 bits per heavy atom. The zero-order valence-corrected chi connectivity index (χ0v) is 28.3. The maximum atomic E-state index is 11.2. The van der Waals surface area contributed by atoms with Crippen molar-refractivity contribution in [3.8, 4) is 17.2 Å². The quantitative estimate of drug-likeness (QED) is 0.0846. The maximum absolute atomic E-state index is 11.2. The average molecular weight is 723 g/mol. The van der Waals surface area contributed by atoms with E-state index >= 15 is 0 Å². The smallest absolute Gasteiger partial charge is 0.508 e. The minimum absolute atomic E-state index is 0.00453. The highest BCUT2D eigenvalue weighted by atomic mass is 16.8. The first-order valence-corrected chi connectivity index (χ1v) is 14.8. The van der Waals surface area contributed by atoms with Gasteiger partial charge < -0.3 is 48.6 Å². The Hall–Kier alpha value is -6.75. The molecule has 52 heavy (non-hydrogen) atoms. The number of ether oxygens (including phenoxy) is 6. The Morgan fingerprint density at radius 3 is 1.50 bits per heavy atom. The molecule has 16 nitrogen and oxygen atoms in total. The first kappa shape index (κ1) is 45.2. The van der Waals surface area contributed by atoms with Crippen LogP contribution < -0.4 is 9.47 Å². The molecule has 276 valence electrons. The van der Waals surface area contributed by atoms with Crippen molar-refractivity contribution in [2.24, 2.45) is 0 Å². The van der Waals surface area contributed by atoms with E-state index in [1.807, 2.05) is 0 Å². The number of aliphatic hydroxyl groups is 2. The van der Waals surface area contributed by atoms with E-state index in [0.29, 0.717) is 41.4 Å². The van der Waals surface area contributed by atoms with Gasteiger partial charge in [-0.25, -0.2) is 21.0 Å². The molecule has 4 rings (SSSR count). The molecule has 0 radical (unpaired) electrons. The summed E-state index contributed by atoms with van der Waals surface area (Å²) in [5.41, 5.74) is 1.81. The van der Waals surface area contributed by atoms with Gasteiger partial charge in [-0.05, 0) is 72.3 Å². The van der Waals surface area contributed by atoms with Crippen molar-refractivity contribution in [1.29, 1.82) is 0 Å². The highest BCUT2D eigenvalue weighted by Gasteiger charge is 2.10. The number of nitrogens with zero attached hydrogens (tertiary/aromatic N) is 2. The second-order valence-corrected chi connectivity index (χ2v) is 9.08. The van der Waals surface area contributed by atoms with Gasteiger partial charge in [-0.1, -0.05) is 12.1 Å². The van der Waals surface area contributed by atoms with E-state index in [2.05, 4.69) is 28.6 Å². The summed E-state index contributed by atoms with van der Waals surface area (Å²) in [4.78, 5) is 57.1. The lowest BCUT2D eigenvalue weighted by Gasteiger charge is -2.04. The summed E-state index contributed by atoms with van der Waals surface area (Å²) in [5.74, 6) is 0.319. The molecule has 0 atom stereocenters. The molecule has 16 heteroatoms. The van der Waals surface area contributed by atoms with Crippen molar-refractivity contribution in [3.05, 3.63) is 118 Å². The SMILES string of the molecule is O=C1OCCO1.O=Cc1ccc(O)cc1.O=Cc1ccc(OCCO)cc1.[C-]#[N+]/C(=C\c1ccc(OCCO)cc1)C(=O)OC.[C-]#[N+]CC(=O)OC. The molecule has 0 spiro atoms. The second-order valence-electron chi connectivity index (χ2n) is 9.08. The van der Waals surface area contributed by atoms with Crippen molar-refractivity contribution in [3.63, 3.8) is 0 Å². The largest absolute Gasteiger partial charge is 0.508 e. The molecule has 1 aliphatic rings. The number of cyclic esters (lactones) is 2. The fraction of sp³-hybridized carbons (Fsp3) is 0.250. The van der Waals surface area contributed by atoms with Crippen LogP contribution in [0, 0.1) is 13.1 Å². The molecule has 3 aromatic rings. The predicted molar refractivity (Wildman–Crippen MR) is 184 cm³/mol. The summed E-state index contributed by atoms with van der Waals surface area (Å²) < 4.78 is 27.5. The Bertz CT molecular complexity index is 1600. The van der Waals surface area contributed by atoms with Gasteiger partial charge in [0.25, 0.3) is 5.70 Å². The standard InChI is InChI=1S/C13H13NO4.C9H10O3.C7H6O2.C4H5NO2.C3H4O3/c1-14-12(13(16)17-2)9-10-3-5-11(6-4-10)18-8-7-15;10-5-6-12-9-3-1-8(7-11)2-4-9;8-5-6-1-3-7(9)4-2-6;1-5-3-4(6)7-2;4-3-5-1-2-6-3/h3-6,9,15H,7-8H2,2H3;1-4,7,10H,5-6H2;1-5,9H;3H2,2H3;1-2H2/b12-9-;;;;. The molecule has 3 N–H and O–H groups in total. The van der Waals surface area contributed by atoms with Gasteiger partial charge in [0.2, 0.25) is 0 Å². The minimum atomic E-state index is -0.661. The Kier molecular flexibility index (Phi) is 25.4. The van der Waals surface area contributed by atoms with Gasteiger partial charge in [0.15, 0.2) is 0 Å². The van der Waals surface area contributed by atoms with Gasteiger partial charge in [0.1, 0.15) is 56.2 Å². The van der Waals surface area contributed by atoms with Crippen LogP contribution in [0.15, 0.2) is 78.5 Å². The van der Waals surface area contributed by atoms with E-state index in [0.717, 1.165) is 12.6 Å². The molecule has 0 aliphatic carbocycles. The Labute approximate surface area is 300 Å². The van der Waals surface area contributed by atoms with Gasteiger partial charge in [-0.3, -0.25) is 14.4 Å². The zero-order chi connectivity index (χ0) is 39.0. The first-order chi connectivity index (χ1) is 25.1. The van der Waals surface area contributed by atoms with Crippen LogP contribution in [0.4, 0.5) is 4.79 Å². The lowest BCUT2D eigenvalue weighted by molar-refractivity contribution is -0.138. The van der Waals surface area contributed by atoms with E-state index in [-0.39, 0.29) is 44.4 Å². The van der Waals surface area contributed by atoms with Crippen molar-refractivity contribution < 1.29 is 67.7 Å². The summed E-state index contributed by atoms with van der Waals surface area (Å²) in [6.45, 7) is 14.2. The molecule has 1 aliphatic heterocycles. The number of hydrogen-bond donors (Lipinski definition) is 3. The fourth-order valence-corrected chi connectivity index (χ4v) is 3.00. The van der Waals surface area contributed by atoms with Crippen LogP contribution in [0.1, 0.15) is 26.3 Å². The third kappa shape index (κ3) is 22.0. The number of aldehydes is 2. The topological polar surface area (TPSA) is 210 Å². The minimum Gasteiger partial charge on any atom is -0.508 e. The Balaban J connectivity index is 0.000000664. The number of phenols is 1. The van der Waals surface area contributed by atoms with Gasteiger partial charge in [0.05, 0.1) is 34.0 Å². The molecule has 0 aromatic heterocycles.